The lowest BCUT2D eigenvalue weighted by Gasteiger charge is -2.30. The molecule has 1 saturated heterocycles. The minimum Gasteiger partial charge on any atom is -0.297 e. The zero-order valence-corrected chi connectivity index (χ0v) is 9.13. The third-order valence-corrected chi connectivity index (χ3v) is 3.48. The van der Waals surface area contributed by atoms with E-state index in [1.807, 2.05) is 0 Å². The van der Waals surface area contributed by atoms with Gasteiger partial charge in [-0.1, -0.05) is 13.5 Å². The molecule has 0 saturated carbocycles. The molecule has 1 rings (SSSR count). The number of hydrogen-bond acceptors (Lipinski definition) is 2. The summed E-state index contributed by atoms with van der Waals surface area (Å²) in [6.45, 7) is 9.54. The first kappa shape index (κ1) is 10.4. The minimum atomic E-state index is 0.595. The third-order valence-electron chi connectivity index (χ3n) is 1.96. The summed E-state index contributed by atoms with van der Waals surface area (Å²) in [7, 11) is 0. The molecule has 3 heteroatoms. The van der Waals surface area contributed by atoms with Gasteiger partial charge in [-0.3, -0.25) is 4.90 Å². The highest BCUT2D eigenvalue weighted by molar-refractivity contribution is 7.99. The van der Waals surface area contributed by atoms with E-state index in [2.05, 4.69) is 30.2 Å². The fourth-order valence-corrected chi connectivity index (χ4v) is 2.56. The molecule has 1 unspecified atom stereocenters. The lowest BCUT2D eigenvalue weighted by molar-refractivity contribution is 0.311. The number of alkyl halides is 1. The standard InChI is InChI=1S/C9H16ClNS/c1-8(5-10)6-11-3-4-12-9(2)7-11/h9H,1,3-7H2,2H3. The van der Waals surface area contributed by atoms with Gasteiger partial charge in [0.25, 0.3) is 0 Å². The van der Waals surface area contributed by atoms with E-state index in [1.165, 1.54) is 18.8 Å². The number of rotatable bonds is 3. The topological polar surface area (TPSA) is 3.24 Å². The molecule has 0 amide bonds. The van der Waals surface area contributed by atoms with Gasteiger partial charge in [-0.15, -0.1) is 11.6 Å². The van der Waals surface area contributed by atoms with Crippen LogP contribution in [0.15, 0.2) is 12.2 Å². The zero-order chi connectivity index (χ0) is 8.97. The second-order valence-corrected chi connectivity index (χ2v) is 5.11. The van der Waals surface area contributed by atoms with Crippen molar-refractivity contribution < 1.29 is 0 Å². The molecule has 70 valence electrons. The Labute approximate surface area is 84.1 Å². The zero-order valence-electron chi connectivity index (χ0n) is 7.55. The van der Waals surface area contributed by atoms with Crippen LogP contribution < -0.4 is 0 Å². The summed E-state index contributed by atoms with van der Waals surface area (Å²) in [6, 6.07) is 0. The van der Waals surface area contributed by atoms with Crippen molar-refractivity contribution in [1.82, 2.24) is 4.90 Å². The number of thioether (sulfide) groups is 1. The summed E-state index contributed by atoms with van der Waals surface area (Å²) in [5.41, 5.74) is 1.13. The van der Waals surface area contributed by atoms with Gasteiger partial charge in [-0.2, -0.15) is 11.8 Å². The predicted octanol–water partition coefficient (Wildman–Crippen LogP) is 2.22. The molecule has 0 spiro atoms. The van der Waals surface area contributed by atoms with Crippen molar-refractivity contribution >= 4 is 23.4 Å². The highest BCUT2D eigenvalue weighted by Gasteiger charge is 2.16. The highest BCUT2D eigenvalue weighted by Crippen LogP contribution is 2.18. The van der Waals surface area contributed by atoms with E-state index in [0.29, 0.717) is 5.88 Å². The second kappa shape index (κ2) is 5.15. The van der Waals surface area contributed by atoms with Gasteiger partial charge in [-0.25, -0.2) is 0 Å². The molecule has 0 aromatic carbocycles. The molecule has 1 nitrogen and oxygen atoms in total. The molecule has 0 aromatic rings. The number of halogens is 1. The van der Waals surface area contributed by atoms with Crippen LogP contribution in [0.5, 0.6) is 0 Å². The molecular weight excluding hydrogens is 190 g/mol. The van der Waals surface area contributed by atoms with Crippen LogP contribution in [-0.2, 0) is 0 Å². The molecule has 0 aromatic heterocycles. The Hall–Kier alpha value is 0.340. The molecule has 1 atom stereocenters. The van der Waals surface area contributed by atoms with Crippen LogP contribution >= 0.6 is 23.4 Å². The van der Waals surface area contributed by atoms with E-state index in [4.69, 9.17) is 11.6 Å². The first-order valence-electron chi connectivity index (χ1n) is 4.29. The van der Waals surface area contributed by atoms with Gasteiger partial charge in [0, 0.05) is 36.5 Å². The van der Waals surface area contributed by atoms with E-state index < -0.39 is 0 Å². The van der Waals surface area contributed by atoms with Crippen LogP contribution in [0.3, 0.4) is 0 Å². The summed E-state index contributed by atoms with van der Waals surface area (Å²) in [5, 5.41) is 0.766. The number of nitrogens with zero attached hydrogens (tertiary/aromatic N) is 1. The first-order valence-corrected chi connectivity index (χ1v) is 5.87. The maximum atomic E-state index is 5.68. The minimum absolute atomic E-state index is 0.595. The van der Waals surface area contributed by atoms with E-state index >= 15 is 0 Å². The Kier molecular flexibility index (Phi) is 4.47. The SMILES string of the molecule is C=C(CCl)CN1CCSC(C)C1. The van der Waals surface area contributed by atoms with Gasteiger partial charge in [0.15, 0.2) is 0 Å². The van der Waals surface area contributed by atoms with Crippen molar-refractivity contribution in [3.05, 3.63) is 12.2 Å². The van der Waals surface area contributed by atoms with Crippen LogP contribution in [-0.4, -0.2) is 41.4 Å². The van der Waals surface area contributed by atoms with Gasteiger partial charge in [0.2, 0.25) is 0 Å². The molecule has 1 aliphatic heterocycles. The molecule has 1 heterocycles. The third kappa shape index (κ3) is 3.38. The summed E-state index contributed by atoms with van der Waals surface area (Å²) in [6.07, 6.45) is 0. The molecule has 12 heavy (non-hydrogen) atoms. The summed E-state index contributed by atoms with van der Waals surface area (Å²) < 4.78 is 0. The Balaban J connectivity index is 2.27. The largest absolute Gasteiger partial charge is 0.297 e. The average molecular weight is 206 g/mol. The highest BCUT2D eigenvalue weighted by atomic mass is 35.5. The van der Waals surface area contributed by atoms with Crippen LogP contribution in [0.1, 0.15) is 6.92 Å². The molecule has 0 aliphatic carbocycles. The maximum Gasteiger partial charge on any atom is 0.0443 e. The second-order valence-electron chi connectivity index (χ2n) is 3.30. The maximum absolute atomic E-state index is 5.68. The average Bonchev–Trinajstić information content (AvgIpc) is 2.04. The Bertz CT molecular complexity index is 161. The smallest absolute Gasteiger partial charge is 0.0443 e. The Morgan fingerprint density at radius 2 is 2.50 bits per heavy atom. The predicted molar refractivity (Wildman–Crippen MR) is 58.2 cm³/mol. The summed E-state index contributed by atoms with van der Waals surface area (Å²) in [4.78, 5) is 2.44. The lowest BCUT2D eigenvalue weighted by Crippen LogP contribution is -2.37. The van der Waals surface area contributed by atoms with Gasteiger partial charge in [0.1, 0.15) is 0 Å². The van der Waals surface area contributed by atoms with Crippen LogP contribution in [0.2, 0.25) is 0 Å². The van der Waals surface area contributed by atoms with Gasteiger partial charge >= 0.3 is 0 Å². The van der Waals surface area contributed by atoms with Crippen molar-refractivity contribution in [3.8, 4) is 0 Å². The molecular formula is C9H16ClNS. The van der Waals surface area contributed by atoms with E-state index in [9.17, 15) is 0 Å². The van der Waals surface area contributed by atoms with E-state index in [0.717, 1.165) is 17.4 Å². The molecule has 0 bridgehead atoms. The first-order chi connectivity index (χ1) is 5.72. The quantitative estimate of drug-likeness (QED) is 0.514. The monoisotopic (exact) mass is 205 g/mol. The van der Waals surface area contributed by atoms with E-state index in [1.54, 1.807) is 0 Å². The van der Waals surface area contributed by atoms with Gasteiger partial charge in [-0.05, 0) is 5.57 Å². The number of hydrogen-bond donors (Lipinski definition) is 0. The van der Waals surface area contributed by atoms with Crippen molar-refractivity contribution in [3.63, 3.8) is 0 Å². The van der Waals surface area contributed by atoms with Crippen molar-refractivity contribution in [1.29, 1.82) is 0 Å². The molecule has 0 N–H and O–H groups in total. The van der Waals surface area contributed by atoms with Gasteiger partial charge in [0.05, 0.1) is 0 Å². The van der Waals surface area contributed by atoms with Crippen molar-refractivity contribution in [2.24, 2.45) is 0 Å². The molecule has 0 radical (unpaired) electrons. The van der Waals surface area contributed by atoms with Crippen LogP contribution in [0.4, 0.5) is 0 Å². The Morgan fingerprint density at radius 3 is 3.08 bits per heavy atom. The summed E-state index contributed by atoms with van der Waals surface area (Å²) >= 11 is 7.73. The molecule has 1 aliphatic rings. The lowest BCUT2D eigenvalue weighted by atomic mass is 10.3. The Morgan fingerprint density at radius 1 is 1.75 bits per heavy atom. The van der Waals surface area contributed by atoms with Crippen LogP contribution in [0, 0.1) is 0 Å². The van der Waals surface area contributed by atoms with Crippen LogP contribution in [0.25, 0.3) is 0 Å². The van der Waals surface area contributed by atoms with Crippen molar-refractivity contribution in [2.75, 3.05) is 31.3 Å². The van der Waals surface area contributed by atoms with Gasteiger partial charge < -0.3 is 0 Å². The van der Waals surface area contributed by atoms with Crippen molar-refractivity contribution in [2.45, 2.75) is 12.2 Å². The van der Waals surface area contributed by atoms with E-state index in [-0.39, 0.29) is 0 Å². The fourth-order valence-electron chi connectivity index (χ4n) is 1.39. The fraction of sp³-hybridized carbons (Fsp3) is 0.778. The summed E-state index contributed by atoms with van der Waals surface area (Å²) in [5.74, 6) is 1.84. The normalized spacial score (nSPS) is 25.7. The molecule has 1 fully saturated rings.